The summed E-state index contributed by atoms with van der Waals surface area (Å²) in [4.78, 5) is 21.6. The van der Waals surface area contributed by atoms with Crippen LogP contribution in [0.4, 0.5) is 0 Å². The molecule has 0 bridgehead atoms. The minimum Gasteiger partial charge on any atom is -0.295 e. The lowest BCUT2D eigenvalue weighted by Gasteiger charge is -2.17. The molecule has 5 heteroatoms. The normalized spacial score (nSPS) is 14.2. The Morgan fingerprint density at radius 2 is 2.00 bits per heavy atom. The molecule has 0 fully saturated rings. The SMILES string of the molecule is CCc1ccc(-n2cnc3c(=O)n4c(nc32)CCCC4)cc1. The minimum atomic E-state index is -0.0105. The number of hydrogen-bond donors (Lipinski definition) is 0. The van der Waals surface area contributed by atoms with Gasteiger partial charge in [-0.05, 0) is 37.0 Å². The fourth-order valence-corrected chi connectivity index (χ4v) is 3.08. The Morgan fingerprint density at radius 1 is 1.18 bits per heavy atom. The highest BCUT2D eigenvalue weighted by Gasteiger charge is 2.18. The predicted molar refractivity (Wildman–Crippen MR) is 85.4 cm³/mol. The molecule has 1 aromatic carbocycles. The summed E-state index contributed by atoms with van der Waals surface area (Å²) in [7, 11) is 0. The van der Waals surface area contributed by atoms with Crippen molar-refractivity contribution in [1.29, 1.82) is 0 Å². The highest BCUT2D eigenvalue weighted by Crippen LogP contribution is 2.18. The molecule has 0 spiro atoms. The fourth-order valence-electron chi connectivity index (χ4n) is 3.08. The second kappa shape index (κ2) is 5.09. The van der Waals surface area contributed by atoms with E-state index in [2.05, 4.69) is 36.2 Å². The van der Waals surface area contributed by atoms with Crippen LogP contribution < -0.4 is 5.56 Å². The molecule has 3 aromatic rings. The van der Waals surface area contributed by atoms with Crippen molar-refractivity contribution in [1.82, 2.24) is 19.1 Å². The summed E-state index contributed by atoms with van der Waals surface area (Å²) < 4.78 is 3.69. The average Bonchev–Trinajstić information content (AvgIpc) is 2.99. The van der Waals surface area contributed by atoms with Gasteiger partial charge in [-0.1, -0.05) is 19.1 Å². The number of rotatable bonds is 2. The molecule has 0 radical (unpaired) electrons. The molecule has 22 heavy (non-hydrogen) atoms. The Hall–Kier alpha value is -2.43. The molecule has 112 valence electrons. The number of fused-ring (bicyclic) bond motifs is 2. The monoisotopic (exact) mass is 294 g/mol. The Kier molecular flexibility index (Phi) is 3.06. The van der Waals surface area contributed by atoms with Gasteiger partial charge in [0.05, 0.1) is 0 Å². The number of hydrogen-bond acceptors (Lipinski definition) is 3. The molecule has 2 aromatic heterocycles. The standard InChI is InChI=1S/C17H18N4O/c1-2-12-6-8-13(9-7-12)21-11-18-15-16(21)19-14-5-3-4-10-20(14)17(15)22/h6-9,11H,2-5,10H2,1H3. The van der Waals surface area contributed by atoms with Crippen LogP contribution in [0.5, 0.6) is 0 Å². The van der Waals surface area contributed by atoms with E-state index in [1.54, 1.807) is 10.9 Å². The van der Waals surface area contributed by atoms with Crippen LogP contribution in [0.1, 0.15) is 31.2 Å². The summed E-state index contributed by atoms with van der Waals surface area (Å²) in [5.41, 5.74) is 3.40. The van der Waals surface area contributed by atoms with Crippen LogP contribution >= 0.6 is 0 Å². The van der Waals surface area contributed by atoms with Gasteiger partial charge in [0.1, 0.15) is 12.2 Å². The summed E-state index contributed by atoms with van der Waals surface area (Å²) in [6.45, 7) is 2.89. The van der Waals surface area contributed by atoms with E-state index >= 15 is 0 Å². The lowest BCUT2D eigenvalue weighted by atomic mass is 10.1. The number of imidazole rings is 1. The molecule has 0 aliphatic carbocycles. The first-order valence-corrected chi connectivity index (χ1v) is 7.84. The highest BCUT2D eigenvalue weighted by molar-refractivity contribution is 5.72. The Morgan fingerprint density at radius 3 is 2.77 bits per heavy atom. The second-order valence-corrected chi connectivity index (χ2v) is 5.75. The van der Waals surface area contributed by atoms with Gasteiger partial charge < -0.3 is 0 Å². The van der Waals surface area contributed by atoms with Gasteiger partial charge in [-0.2, -0.15) is 0 Å². The zero-order valence-electron chi connectivity index (χ0n) is 12.6. The smallest absolute Gasteiger partial charge is 0.281 e. The third-order valence-electron chi connectivity index (χ3n) is 4.39. The van der Waals surface area contributed by atoms with E-state index in [0.29, 0.717) is 11.2 Å². The van der Waals surface area contributed by atoms with Crippen molar-refractivity contribution in [3.05, 3.63) is 52.3 Å². The average molecular weight is 294 g/mol. The van der Waals surface area contributed by atoms with E-state index in [1.165, 1.54) is 5.56 Å². The van der Waals surface area contributed by atoms with Gasteiger partial charge in [0.25, 0.3) is 5.56 Å². The molecule has 1 aliphatic rings. The first-order chi connectivity index (χ1) is 10.8. The van der Waals surface area contributed by atoms with Crippen molar-refractivity contribution >= 4 is 11.2 Å². The minimum absolute atomic E-state index is 0.0105. The number of aromatic nitrogens is 4. The van der Waals surface area contributed by atoms with Gasteiger partial charge >= 0.3 is 0 Å². The zero-order chi connectivity index (χ0) is 15.1. The Bertz CT molecular complexity index is 889. The van der Waals surface area contributed by atoms with Crippen molar-refractivity contribution in [2.45, 2.75) is 39.2 Å². The Labute approximate surface area is 128 Å². The molecule has 3 heterocycles. The molecule has 4 rings (SSSR count). The zero-order valence-corrected chi connectivity index (χ0v) is 12.6. The lowest BCUT2D eigenvalue weighted by molar-refractivity contribution is 0.500. The van der Waals surface area contributed by atoms with Crippen LogP contribution in [-0.2, 0) is 19.4 Å². The topological polar surface area (TPSA) is 52.7 Å². The number of nitrogens with zero attached hydrogens (tertiary/aromatic N) is 4. The van der Waals surface area contributed by atoms with Gasteiger partial charge in [-0.15, -0.1) is 0 Å². The summed E-state index contributed by atoms with van der Waals surface area (Å²) in [6.07, 6.45) is 5.71. The molecule has 0 N–H and O–H groups in total. The van der Waals surface area contributed by atoms with Crippen LogP contribution in [-0.4, -0.2) is 19.1 Å². The fraction of sp³-hybridized carbons (Fsp3) is 0.353. The van der Waals surface area contributed by atoms with Crippen molar-refractivity contribution < 1.29 is 0 Å². The van der Waals surface area contributed by atoms with Gasteiger partial charge in [-0.3, -0.25) is 13.9 Å². The summed E-state index contributed by atoms with van der Waals surface area (Å²) >= 11 is 0. The quantitative estimate of drug-likeness (QED) is 0.729. The van der Waals surface area contributed by atoms with E-state index in [1.807, 2.05) is 4.57 Å². The van der Waals surface area contributed by atoms with Gasteiger partial charge in [-0.25, -0.2) is 9.97 Å². The first kappa shape index (κ1) is 13.2. The highest BCUT2D eigenvalue weighted by atomic mass is 16.1. The van der Waals surface area contributed by atoms with Crippen LogP contribution in [0.15, 0.2) is 35.4 Å². The van der Waals surface area contributed by atoms with Crippen molar-refractivity contribution in [2.75, 3.05) is 0 Å². The van der Waals surface area contributed by atoms with E-state index in [-0.39, 0.29) is 5.56 Å². The molecule has 0 atom stereocenters. The van der Waals surface area contributed by atoms with Crippen LogP contribution in [0, 0.1) is 0 Å². The van der Waals surface area contributed by atoms with Crippen LogP contribution in [0.3, 0.4) is 0 Å². The van der Waals surface area contributed by atoms with Gasteiger partial charge in [0, 0.05) is 18.7 Å². The number of benzene rings is 1. The summed E-state index contributed by atoms with van der Waals surface area (Å²) in [5.74, 6) is 0.885. The third-order valence-corrected chi connectivity index (χ3v) is 4.39. The maximum atomic E-state index is 12.6. The predicted octanol–water partition coefficient (Wildman–Crippen LogP) is 2.48. The molecule has 1 aliphatic heterocycles. The maximum Gasteiger partial charge on any atom is 0.281 e. The van der Waals surface area contributed by atoms with E-state index in [0.717, 1.165) is 43.7 Å². The number of aryl methyl sites for hydroxylation is 2. The lowest BCUT2D eigenvalue weighted by Crippen LogP contribution is -2.28. The molecule has 0 saturated heterocycles. The Balaban J connectivity index is 1.92. The van der Waals surface area contributed by atoms with Crippen LogP contribution in [0.2, 0.25) is 0 Å². The largest absolute Gasteiger partial charge is 0.295 e. The maximum absolute atomic E-state index is 12.6. The molecule has 5 nitrogen and oxygen atoms in total. The van der Waals surface area contributed by atoms with Gasteiger partial charge in [0.2, 0.25) is 0 Å². The molecule has 0 saturated carbocycles. The third kappa shape index (κ3) is 1.96. The van der Waals surface area contributed by atoms with E-state index in [9.17, 15) is 4.79 Å². The van der Waals surface area contributed by atoms with Crippen LogP contribution in [0.25, 0.3) is 16.9 Å². The molecular weight excluding hydrogens is 276 g/mol. The summed E-state index contributed by atoms with van der Waals surface area (Å²) in [6, 6.07) is 8.32. The second-order valence-electron chi connectivity index (χ2n) is 5.75. The van der Waals surface area contributed by atoms with Crippen molar-refractivity contribution in [3.63, 3.8) is 0 Å². The van der Waals surface area contributed by atoms with Crippen molar-refractivity contribution in [2.24, 2.45) is 0 Å². The summed E-state index contributed by atoms with van der Waals surface area (Å²) in [5, 5.41) is 0. The van der Waals surface area contributed by atoms with Crippen molar-refractivity contribution in [3.8, 4) is 5.69 Å². The first-order valence-electron chi connectivity index (χ1n) is 7.84. The van der Waals surface area contributed by atoms with E-state index < -0.39 is 0 Å². The van der Waals surface area contributed by atoms with Gasteiger partial charge in [0.15, 0.2) is 11.2 Å². The molecule has 0 amide bonds. The van der Waals surface area contributed by atoms with E-state index in [4.69, 9.17) is 4.98 Å². The molecular formula is C17H18N4O. The molecule has 0 unspecified atom stereocenters.